The zero-order valence-electron chi connectivity index (χ0n) is 17.7. The van der Waals surface area contributed by atoms with Gasteiger partial charge < -0.3 is 0 Å². The largest absolute Gasteiger partial charge is 0.114 e. The van der Waals surface area contributed by atoms with Crippen molar-refractivity contribution < 1.29 is 0 Å². The molecule has 4 aliphatic rings. The molecule has 0 aliphatic heterocycles. The van der Waals surface area contributed by atoms with Gasteiger partial charge in [0.2, 0.25) is 0 Å². The molecule has 4 aliphatic carbocycles. The SMILES string of the molecule is [B]C1=C2C(CC(C)(C)C1=C)C1CCC3(C)C(=C)C(C)=CC3C1CC2(C)C. The normalized spacial score (nSPS) is 43.5. The van der Waals surface area contributed by atoms with Crippen molar-refractivity contribution in [3.8, 4) is 0 Å². The Balaban J connectivity index is 1.82. The van der Waals surface area contributed by atoms with Crippen molar-refractivity contribution in [2.24, 2.45) is 39.9 Å². The second-order valence-electron chi connectivity index (χ2n) is 11.2. The molecule has 2 fully saturated rings. The van der Waals surface area contributed by atoms with E-state index >= 15 is 0 Å². The van der Waals surface area contributed by atoms with E-state index in [0.717, 1.165) is 17.3 Å². The quantitative estimate of drug-likeness (QED) is 0.433. The van der Waals surface area contributed by atoms with Gasteiger partial charge in [-0.2, -0.15) is 0 Å². The Labute approximate surface area is 162 Å². The Bertz CT molecular complexity index is 759. The van der Waals surface area contributed by atoms with E-state index in [1.807, 2.05) is 0 Å². The van der Waals surface area contributed by atoms with E-state index in [4.69, 9.17) is 7.85 Å². The summed E-state index contributed by atoms with van der Waals surface area (Å²) in [4.78, 5) is 0. The summed E-state index contributed by atoms with van der Waals surface area (Å²) in [6.45, 7) is 23.1. The van der Waals surface area contributed by atoms with Crippen LogP contribution >= 0.6 is 0 Å². The summed E-state index contributed by atoms with van der Waals surface area (Å²) in [6.07, 6.45) is 7.61. The van der Waals surface area contributed by atoms with Crippen LogP contribution in [0.4, 0.5) is 0 Å². The fraction of sp³-hybridized carbons (Fsp3) is 0.680. The molecule has 2 saturated carbocycles. The molecule has 0 N–H and O–H groups in total. The summed E-state index contributed by atoms with van der Waals surface area (Å²) < 4.78 is 0. The fourth-order valence-corrected chi connectivity index (χ4v) is 7.28. The lowest BCUT2D eigenvalue weighted by Gasteiger charge is -2.59. The molecule has 0 heterocycles. The predicted octanol–water partition coefficient (Wildman–Crippen LogP) is 6.61. The first-order chi connectivity index (χ1) is 11.9. The summed E-state index contributed by atoms with van der Waals surface area (Å²) in [5, 5.41) is 0. The zero-order chi connectivity index (χ0) is 19.2. The van der Waals surface area contributed by atoms with Crippen LogP contribution in [0.25, 0.3) is 0 Å². The van der Waals surface area contributed by atoms with Gasteiger partial charge in [0.25, 0.3) is 0 Å². The van der Waals surface area contributed by atoms with Crippen molar-refractivity contribution in [1.29, 1.82) is 0 Å². The molecule has 2 radical (unpaired) electrons. The van der Waals surface area contributed by atoms with Gasteiger partial charge in [-0.25, -0.2) is 0 Å². The second-order valence-corrected chi connectivity index (χ2v) is 11.2. The summed E-state index contributed by atoms with van der Waals surface area (Å²) >= 11 is 0. The third kappa shape index (κ3) is 2.21. The third-order valence-corrected chi connectivity index (χ3v) is 8.86. The number of hydrogen-bond donors (Lipinski definition) is 0. The van der Waals surface area contributed by atoms with E-state index in [0.29, 0.717) is 11.8 Å². The Kier molecular flexibility index (Phi) is 3.75. The molecule has 0 nitrogen and oxygen atoms in total. The fourth-order valence-electron chi connectivity index (χ4n) is 7.28. The van der Waals surface area contributed by atoms with Crippen LogP contribution < -0.4 is 0 Å². The minimum absolute atomic E-state index is 0.113. The highest BCUT2D eigenvalue weighted by Gasteiger charge is 2.57. The van der Waals surface area contributed by atoms with Gasteiger partial charge in [-0.15, -0.1) is 0 Å². The first kappa shape index (κ1) is 18.4. The van der Waals surface area contributed by atoms with E-state index < -0.39 is 0 Å². The molecule has 1 heteroatoms. The monoisotopic (exact) mass is 346 g/mol. The van der Waals surface area contributed by atoms with E-state index in [1.165, 1.54) is 48.0 Å². The van der Waals surface area contributed by atoms with Crippen molar-refractivity contribution in [2.45, 2.75) is 67.2 Å². The van der Waals surface area contributed by atoms with E-state index in [9.17, 15) is 0 Å². The molecule has 0 aromatic rings. The van der Waals surface area contributed by atoms with Gasteiger partial charge in [0.05, 0.1) is 0 Å². The van der Waals surface area contributed by atoms with Crippen LogP contribution in [0.5, 0.6) is 0 Å². The minimum Gasteiger partial charge on any atom is -0.0959 e. The Morgan fingerprint density at radius 2 is 1.62 bits per heavy atom. The highest BCUT2D eigenvalue weighted by atomic mass is 14.6. The maximum Gasteiger partial charge on any atom is 0.114 e. The van der Waals surface area contributed by atoms with Crippen LogP contribution in [0.1, 0.15) is 67.2 Å². The standard InChI is InChI=1S/C25H35B/c1-14-11-20-18-12-24(6,7)21-19(13-23(4,5)16(3)22(21)26)17(18)9-10-25(20,8)15(14)2/h11,17-20H,2-3,9-10,12-13H2,1,4-8H3. The molecular formula is C25H35B. The van der Waals surface area contributed by atoms with Gasteiger partial charge in [0.15, 0.2) is 0 Å². The number of hydrogen-bond acceptors (Lipinski definition) is 0. The van der Waals surface area contributed by atoms with Crippen LogP contribution in [0.3, 0.4) is 0 Å². The summed E-state index contributed by atoms with van der Waals surface area (Å²) in [6, 6.07) is 0. The van der Waals surface area contributed by atoms with E-state index in [2.05, 4.69) is 60.8 Å². The molecule has 138 valence electrons. The molecule has 26 heavy (non-hydrogen) atoms. The van der Waals surface area contributed by atoms with Crippen LogP contribution in [-0.4, -0.2) is 7.85 Å². The topological polar surface area (TPSA) is 0 Å². The molecule has 0 amide bonds. The molecule has 0 saturated heterocycles. The molecule has 5 unspecified atom stereocenters. The lowest BCUT2D eigenvalue weighted by molar-refractivity contribution is -0.0103. The average molecular weight is 346 g/mol. The molecular weight excluding hydrogens is 311 g/mol. The highest BCUT2D eigenvalue weighted by Crippen LogP contribution is 2.67. The van der Waals surface area contributed by atoms with E-state index in [1.54, 1.807) is 0 Å². The zero-order valence-corrected chi connectivity index (χ0v) is 17.7. The van der Waals surface area contributed by atoms with Crippen molar-refractivity contribution in [3.63, 3.8) is 0 Å². The number of rotatable bonds is 0. The van der Waals surface area contributed by atoms with Gasteiger partial charge in [-0.1, -0.05) is 76.0 Å². The maximum absolute atomic E-state index is 6.74. The summed E-state index contributed by atoms with van der Waals surface area (Å²) in [5.74, 6) is 2.79. The van der Waals surface area contributed by atoms with Crippen LogP contribution in [0.15, 0.2) is 47.0 Å². The summed E-state index contributed by atoms with van der Waals surface area (Å²) in [5.41, 5.74) is 7.13. The molecule has 0 spiro atoms. The first-order valence-corrected chi connectivity index (χ1v) is 10.5. The van der Waals surface area contributed by atoms with Gasteiger partial charge in [-0.3, -0.25) is 0 Å². The van der Waals surface area contributed by atoms with Gasteiger partial charge in [0, 0.05) is 0 Å². The minimum atomic E-state index is 0.113. The smallest absolute Gasteiger partial charge is 0.0959 e. The Morgan fingerprint density at radius 3 is 2.27 bits per heavy atom. The van der Waals surface area contributed by atoms with Crippen molar-refractivity contribution >= 4 is 7.85 Å². The second kappa shape index (κ2) is 5.30. The summed E-state index contributed by atoms with van der Waals surface area (Å²) in [7, 11) is 6.74. The van der Waals surface area contributed by atoms with Crippen LogP contribution in [0.2, 0.25) is 0 Å². The lowest BCUT2D eigenvalue weighted by atomic mass is 9.44. The Morgan fingerprint density at radius 1 is 0.962 bits per heavy atom. The molecule has 4 rings (SSSR count). The van der Waals surface area contributed by atoms with E-state index in [-0.39, 0.29) is 16.2 Å². The number of allylic oxidation sites excluding steroid dienone is 6. The maximum atomic E-state index is 6.74. The molecule has 0 aromatic heterocycles. The Hall–Kier alpha value is -0.975. The first-order valence-electron chi connectivity index (χ1n) is 10.5. The molecule has 0 bridgehead atoms. The third-order valence-electron chi connectivity index (χ3n) is 8.86. The predicted molar refractivity (Wildman–Crippen MR) is 113 cm³/mol. The van der Waals surface area contributed by atoms with Crippen molar-refractivity contribution in [1.82, 2.24) is 0 Å². The number of fused-ring (bicyclic) bond motifs is 5. The highest BCUT2D eigenvalue weighted by molar-refractivity contribution is 6.25. The lowest BCUT2D eigenvalue weighted by Crippen LogP contribution is -2.51. The van der Waals surface area contributed by atoms with Gasteiger partial charge >= 0.3 is 0 Å². The molecule has 5 atom stereocenters. The van der Waals surface area contributed by atoms with Crippen molar-refractivity contribution in [3.05, 3.63) is 47.0 Å². The van der Waals surface area contributed by atoms with Gasteiger partial charge in [0.1, 0.15) is 7.85 Å². The van der Waals surface area contributed by atoms with Crippen LogP contribution in [0, 0.1) is 39.9 Å². The van der Waals surface area contributed by atoms with Gasteiger partial charge in [-0.05, 0) is 78.1 Å². The molecule has 0 aromatic carbocycles. The van der Waals surface area contributed by atoms with Crippen LogP contribution in [-0.2, 0) is 0 Å². The van der Waals surface area contributed by atoms with Crippen molar-refractivity contribution in [2.75, 3.05) is 0 Å². The average Bonchev–Trinajstić information content (AvgIpc) is 2.76.